The highest BCUT2D eigenvalue weighted by Crippen LogP contribution is 2.30. The van der Waals surface area contributed by atoms with Gasteiger partial charge < -0.3 is 15.3 Å². The van der Waals surface area contributed by atoms with Crippen molar-refractivity contribution in [3.8, 4) is 0 Å². The second-order valence-corrected chi connectivity index (χ2v) is 7.43. The van der Waals surface area contributed by atoms with Crippen LogP contribution in [0.25, 0.3) is 21.9 Å². The number of aromatic nitrogens is 3. The summed E-state index contributed by atoms with van der Waals surface area (Å²) in [4.78, 5) is 35.1. The Labute approximate surface area is 161 Å². The Kier molecular flexibility index (Phi) is 3.79. The lowest BCUT2D eigenvalue weighted by atomic mass is 9.89. The molecule has 1 aliphatic rings. The van der Waals surface area contributed by atoms with E-state index < -0.39 is 0 Å². The molecule has 2 aromatic heterocycles. The van der Waals surface area contributed by atoms with Gasteiger partial charge in [0.1, 0.15) is 0 Å². The lowest BCUT2D eigenvalue weighted by Gasteiger charge is -2.20. The molecule has 5 rings (SSSR count). The summed E-state index contributed by atoms with van der Waals surface area (Å²) in [5.41, 5.74) is 6.57. The first-order valence-electron chi connectivity index (χ1n) is 9.54. The molecule has 0 atom stereocenters. The molecule has 0 saturated heterocycles. The van der Waals surface area contributed by atoms with Crippen LogP contribution in [0.5, 0.6) is 0 Å². The first-order chi connectivity index (χ1) is 13.6. The number of aromatic amines is 2. The number of nitrogens with zero attached hydrogens (tertiary/aromatic N) is 1. The van der Waals surface area contributed by atoms with Crippen LogP contribution < -0.4 is 11.0 Å². The van der Waals surface area contributed by atoms with E-state index in [1.165, 1.54) is 0 Å². The van der Waals surface area contributed by atoms with Crippen molar-refractivity contribution in [2.45, 2.75) is 32.6 Å². The fourth-order valence-corrected chi connectivity index (χ4v) is 4.10. The van der Waals surface area contributed by atoms with E-state index in [0.717, 1.165) is 59.0 Å². The van der Waals surface area contributed by atoms with Crippen molar-refractivity contribution in [2.24, 2.45) is 0 Å². The number of hydrogen-bond donors (Lipinski definition) is 3. The maximum Gasteiger partial charge on any atom is 0.323 e. The molecule has 2 aromatic carbocycles. The van der Waals surface area contributed by atoms with Crippen molar-refractivity contribution >= 4 is 33.5 Å². The van der Waals surface area contributed by atoms with Crippen LogP contribution in [0.3, 0.4) is 0 Å². The number of imidazole rings is 1. The van der Waals surface area contributed by atoms with E-state index in [2.05, 4.69) is 15.3 Å². The number of nitrogens with one attached hydrogen (secondary N) is 3. The Morgan fingerprint density at radius 1 is 1.04 bits per heavy atom. The number of benzene rings is 2. The van der Waals surface area contributed by atoms with Crippen LogP contribution in [-0.4, -0.2) is 20.9 Å². The number of carbonyl (C=O) groups excluding carboxylic acids is 1. The van der Waals surface area contributed by atoms with Gasteiger partial charge in [-0.1, -0.05) is 11.6 Å². The molecular weight excluding hydrogens is 352 g/mol. The molecule has 1 aliphatic carbocycles. The monoisotopic (exact) mass is 372 g/mol. The molecule has 2 heterocycles. The number of amides is 1. The van der Waals surface area contributed by atoms with Gasteiger partial charge in [-0.3, -0.25) is 9.78 Å². The summed E-state index contributed by atoms with van der Waals surface area (Å²) in [7, 11) is 0. The third-order valence-corrected chi connectivity index (χ3v) is 5.42. The van der Waals surface area contributed by atoms with Crippen LogP contribution in [0, 0.1) is 6.92 Å². The fourth-order valence-electron chi connectivity index (χ4n) is 4.10. The third kappa shape index (κ3) is 2.78. The van der Waals surface area contributed by atoms with E-state index in [-0.39, 0.29) is 11.6 Å². The number of rotatable bonds is 2. The Morgan fingerprint density at radius 2 is 1.86 bits per heavy atom. The standard InChI is InChI=1S/C22H20N4O2/c1-12-6-8-17-15(10-12)20(14-4-2-3-5-16(14)24-17)21(27)23-13-7-9-18-19(11-13)26-22(28)25-18/h6-11H,2-5H2,1H3,(H,23,27)(H2,25,26,28). The molecular formula is C22H20N4O2. The lowest BCUT2D eigenvalue weighted by molar-refractivity contribution is 0.102. The molecule has 0 spiro atoms. The minimum Gasteiger partial charge on any atom is -0.322 e. The summed E-state index contributed by atoms with van der Waals surface area (Å²) in [5, 5.41) is 3.92. The smallest absolute Gasteiger partial charge is 0.322 e. The van der Waals surface area contributed by atoms with Gasteiger partial charge in [-0.2, -0.15) is 0 Å². The summed E-state index contributed by atoms with van der Waals surface area (Å²) in [6.45, 7) is 2.02. The number of carbonyl (C=O) groups is 1. The molecule has 140 valence electrons. The fraction of sp³-hybridized carbons (Fsp3) is 0.227. The Bertz CT molecular complexity index is 1300. The van der Waals surface area contributed by atoms with Crippen molar-refractivity contribution in [1.82, 2.24) is 15.0 Å². The molecule has 0 aliphatic heterocycles. The number of aryl methyl sites for hydroxylation is 2. The zero-order valence-electron chi connectivity index (χ0n) is 15.6. The Balaban J connectivity index is 1.62. The van der Waals surface area contributed by atoms with Crippen LogP contribution in [0.2, 0.25) is 0 Å². The summed E-state index contributed by atoms with van der Waals surface area (Å²) >= 11 is 0. The zero-order valence-corrected chi connectivity index (χ0v) is 15.6. The Morgan fingerprint density at radius 3 is 2.75 bits per heavy atom. The number of H-pyrrole nitrogens is 2. The summed E-state index contributed by atoms with van der Waals surface area (Å²) in [5.74, 6) is -0.131. The number of hydrogen-bond acceptors (Lipinski definition) is 3. The number of pyridine rings is 1. The molecule has 4 aromatic rings. The van der Waals surface area contributed by atoms with Crippen molar-refractivity contribution < 1.29 is 4.79 Å². The maximum absolute atomic E-state index is 13.3. The second-order valence-electron chi connectivity index (χ2n) is 7.43. The largest absolute Gasteiger partial charge is 0.323 e. The molecule has 3 N–H and O–H groups in total. The van der Waals surface area contributed by atoms with Gasteiger partial charge in [0.05, 0.1) is 22.1 Å². The molecule has 6 nitrogen and oxygen atoms in total. The first kappa shape index (κ1) is 16.7. The average molecular weight is 372 g/mol. The molecule has 0 unspecified atom stereocenters. The zero-order chi connectivity index (χ0) is 19.3. The highest BCUT2D eigenvalue weighted by molar-refractivity contribution is 6.14. The summed E-state index contributed by atoms with van der Waals surface area (Å²) in [6.07, 6.45) is 3.97. The Hall–Kier alpha value is -3.41. The third-order valence-electron chi connectivity index (χ3n) is 5.42. The molecule has 1 amide bonds. The van der Waals surface area contributed by atoms with E-state index in [9.17, 15) is 9.59 Å². The average Bonchev–Trinajstić information content (AvgIpc) is 3.05. The highest BCUT2D eigenvalue weighted by Gasteiger charge is 2.23. The van der Waals surface area contributed by atoms with Crippen LogP contribution >= 0.6 is 0 Å². The van der Waals surface area contributed by atoms with E-state index in [1.54, 1.807) is 18.2 Å². The lowest BCUT2D eigenvalue weighted by Crippen LogP contribution is -2.19. The highest BCUT2D eigenvalue weighted by atomic mass is 16.2. The van der Waals surface area contributed by atoms with Gasteiger partial charge >= 0.3 is 5.69 Å². The van der Waals surface area contributed by atoms with Crippen molar-refractivity contribution in [1.29, 1.82) is 0 Å². The van der Waals surface area contributed by atoms with Gasteiger partial charge in [0.2, 0.25) is 0 Å². The van der Waals surface area contributed by atoms with Gasteiger partial charge in [-0.05, 0) is 68.5 Å². The number of fused-ring (bicyclic) bond motifs is 3. The van der Waals surface area contributed by atoms with Crippen molar-refractivity contribution in [3.05, 3.63) is 69.3 Å². The van der Waals surface area contributed by atoms with Crippen LogP contribution in [0.15, 0.2) is 41.2 Å². The van der Waals surface area contributed by atoms with Crippen LogP contribution in [0.1, 0.15) is 40.0 Å². The van der Waals surface area contributed by atoms with Crippen LogP contribution in [0.4, 0.5) is 5.69 Å². The molecule has 0 saturated carbocycles. The van der Waals surface area contributed by atoms with E-state index in [1.807, 2.05) is 25.1 Å². The quantitative estimate of drug-likeness (QED) is 0.499. The van der Waals surface area contributed by atoms with Crippen molar-refractivity contribution in [2.75, 3.05) is 5.32 Å². The number of anilines is 1. The molecule has 0 radical (unpaired) electrons. The molecule has 6 heteroatoms. The van der Waals surface area contributed by atoms with Gasteiger partial charge in [-0.25, -0.2) is 4.79 Å². The van der Waals surface area contributed by atoms with E-state index >= 15 is 0 Å². The molecule has 0 bridgehead atoms. The second kappa shape index (κ2) is 6.34. The molecule has 0 fully saturated rings. The van der Waals surface area contributed by atoms with Gasteiger partial charge in [0.25, 0.3) is 5.91 Å². The van der Waals surface area contributed by atoms with Gasteiger partial charge in [-0.15, -0.1) is 0 Å². The topological polar surface area (TPSA) is 90.6 Å². The minimum atomic E-state index is -0.261. The predicted molar refractivity (Wildman–Crippen MR) is 110 cm³/mol. The van der Waals surface area contributed by atoms with Crippen LogP contribution in [-0.2, 0) is 12.8 Å². The molecule has 28 heavy (non-hydrogen) atoms. The summed E-state index contributed by atoms with van der Waals surface area (Å²) < 4.78 is 0. The SMILES string of the molecule is Cc1ccc2nc3c(c(C(=O)Nc4ccc5[nH]c(=O)[nH]c5c4)c2c1)CCCC3. The summed E-state index contributed by atoms with van der Waals surface area (Å²) in [6, 6.07) is 11.4. The normalized spacial score (nSPS) is 13.6. The van der Waals surface area contributed by atoms with Crippen molar-refractivity contribution in [3.63, 3.8) is 0 Å². The predicted octanol–water partition coefficient (Wildman–Crippen LogP) is 3.84. The van der Waals surface area contributed by atoms with Gasteiger partial charge in [0.15, 0.2) is 0 Å². The van der Waals surface area contributed by atoms with E-state index in [4.69, 9.17) is 4.98 Å². The minimum absolute atomic E-state index is 0.131. The van der Waals surface area contributed by atoms with E-state index in [0.29, 0.717) is 16.7 Å². The first-order valence-corrected chi connectivity index (χ1v) is 9.54. The van der Waals surface area contributed by atoms with Gasteiger partial charge in [0, 0.05) is 16.8 Å². The maximum atomic E-state index is 13.3.